The number of amides is 1. The number of non-ortho nitro benzene ring substituents is 1. The van der Waals surface area contributed by atoms with E-state index in [1.165, 1.54) is 6.07 Å². The predicted octanol–water partition coefficient (Wildman–Crippen LogP) is 3.57. The van der Waals surface area contributed by atoms with Gasteiger partial charge in [0.05, 0.1) is 23.1 Å². The molecule has 0 spiro atoms. The summed E-state index contributed by atoms with van der Waals surface area (Å²) in [7, 11) is 0. The van der Waals surface area contributed by atoms with Gasteiger partial charge in [0.2, 0.25) is 0 Å². The van der Waals surface area contributed by atoms with Crippen LogP contribution in [0.5, 0.6) is 0 Å². The molecule has 26 heavy (non-hydrogen) atoms. The van der Waals surface area contributed by atoms with Crippen molar-refractivity contribution in [2.24, 2.45) is 0 Å². The molecule has 7 heteroatoms. The fraction of sp³-hybridized carbons (Fsp3) is 0.263. The number of hydrogen-bond acceptors (Lipinski definition) is 5. The van der Waals surface area contributed by atoms with E-state index in [1.807, 2.05) is 38.1 Å². The molecular formula is C19H20N2O5. The third-order valence-electron chi connectivity index (χ3n) is 3.90. The van der Waals surface area contributed by atoms with E-state index in [9.17, 15) is 19.7 Å². The maximum atomic E-state index is 12.6. The van der Waals surface area contributed by atoms with E-state index < -0.39 is 16.8 Å². The molecule has 0 radical (unpaired) electrons. The summed E-state index contributed by atoms with van der Waals surface area (Å²) in [4.78, 5) is 34.9. The normalized spacial score (nSPS) is 11.5. The van der Waals surface area contributed by atoms with Crippen LogP contribution >= 0.6 is 0 Å². The number of nitrogens with zero attached hydrogens (tertiary/aromatic N) is 1. The number of nitrogens with one attached hydrogen (secondary N) is 1. The third kappa shape index (κ3) is 4.44. The number of aryl methyl sites for hydroxylation is 1. The first-order valence-electron chi connectivity index (χ1n) is 8.16. The van der Waals surface area contributed by atoms with Gasteiger partial charge in [0.25, 0.3) is 11.6 Å². The minimum Gasteiger partial charge on any atom is -0.462 e. The lowest BCUT2D eigenvalue weighted by Gasteiger charge is -2.16. The van der Waals surface area contributed by atoms with Crippen LogP contribution in [0.15, 0.2) is 42.5 Å². The van der Waals surface area contributed by atoms with Crippen LogP contribution < -0.4 is 5.32 Å². The molecule has 0 aliphatic rings. The third-order valence-corrected chi connectivity index (χ3v) is 3.90. The van der Waals surface area contributed by atoms with Crippen molar-refractivity contribution in [2.75, 3.05) is 6.61 Å². The van der Waals surface area contributed by atoms with Gasteiger partial charge >= 0.3 is 5.97 Å². The fourth-order valence-electron chi connectivity index (χ4n) is 2.61. The van der Waals surface area contributed by atoms with Gasteiger partial charge in [-0.05, 0) is 38.0 Å². The molecule has 2 aromatic rings. The highest BCUT2D eigenvalue weighted by molar-refractivity contribution is 5.99. The molecule has 1 atom stereocenters. The van der Waals surface area contributed by atoms with Gasteiger partial charge in [0.1, 0.15) is 0 Å². The van der Waals surface area contributed by atoms with Gasteiger partial charge in [0, 0.05) is 17.7 Å². The molecule has 7 nitrogen and oxygen atoms in total. The minimum atomic E-state index is -0.711. The van der Waals surface area contributed by atoms with Crippen LogP contribution in [-0.2, 0) is 4.74 Å². The van der Waals surface area contributed by atoms with Crippen LogP contribution in [0.3, 0.4) is 0 Å². The van der Waals surface area contributed by atoms with Gasteiger partial charge in [-0.3, -0.25) is 14.9 Å². The van der Waals surface area contributed by atoms with Crippen molar-refractivity contribution >= 4 is 17.6 Å². The van der Waals surface area contributed by atoms with Gasteiger partial charge in [-0.2, -0.15) is 0 Å². The lowest BCUT2D eigenvalue weighted by atomic mass is 10.0. The van der Waals surface area contributed by atoms with E-state index in [4.69, 9.17) is 4.74 Å². The highest BCUT2D eigenvalue weighted by atomic mass is 16.6. The largest absolute Gasteiger partial charge is 0.462 e. The van der Waals surface area contributed by atoms with E-state index in [1.54, 1.807) is 6.92 Å². The average Bonchev–Trinajstić information content (AvgIpc) is 2.61. The average molecular weight is 356 g/mol. The van der Waals surface area contributed by atoms with E-state index in [0.29, 0.717) is 0 Å². The SMILES string of the molecule is CCOC(=O)c1cc(C(=O)NC(C)c2ccccc2C)cc([N+](=O)[O-])c1. The Kier molecular flexibility index (Phi) is 6.06. The predicted molar refractivity (Wildman–Crippen MR) is 96.1 cm³/mol. The van der Waals surface area contributed by atoms with Crippen LogP contribution in [0.1, 0.15) is 51.7 Å². The van der Waals surface area contributed by atoms with Gasteiger partial charge in [-0.15, -0.1) is 0 Å². The first kappa shape index (κ1) is 19.1. The highest BCUT2D eigenvalue weighted by Gasteiger charge is 2.20. The van der Waals surface area contributed by atoms with Crippen LogP contribution in [0.4, 0.5) is 5.69 Å². The van der Waals surface area contributed by atoms with Gasteiger partial charge in [-0.25, -0.2) is 4.79 Å². The highest BCUT2D eigenvalue weighted by Crippen LogP contribution is 2.21. The Balaban J connectivity index is 2.31. The van der Waals surface area contributed by atoms with Crippen LogP contribution in [0.25, 0.3) is 0 Å². The van der Waals surface area contributed by atoms with E-state index in [0.717, 1.165) is 23.3 Å². The lowest BCUT2D eigenvalue weighted by molar-refractivity contribution is -0.384. The summed E-state index contributed by atoms with van der Waals surface area (Å²) < 4.78 is 4.87. The van der Waals surface area contributed by atoms with Gasteiger partial charge < -0.3 is 10.1 Å². The number of ether oxygens (including phenoxy) is 1. The molecule has 0 fully saturated rings. The fourth-order valence-corrected chi connectivity index (χ4v) is 2.61. The molecule has 1 amide bonds. The molecule has 0 aliphatic carbocycles. The molecule has 2 aromatic carbocycles. The van der Waals surface area contributed by atoms with Crippen molar-refractivity contribution in [1.82, 2.24) is 5.32 Å². The Morgan fingerprint density at radius 2 is 1.85 bits per heavy atom. The maximum Gasteiger partial charge on any atom is 0.338 e. The standard InChI is InChI=1S/C19H20N2O5/c1-4-26-19(23)15-9-14(10-16(11-15)21(24)25)18(22)20-13(3)17-8-6-5-7-12(17)2/h5-11,13H,4H2,1-3H3,(H,20,22). The lowest BCUT2D eigenvalue weighted by Crippen LogP contribution is -2.27. The number of carbonyl (C=O) groups is 2. The van der Waals surface area contributed by atoms with Crippen molar-refractivity contribution < 1.29 is 19.2 Å². The number of rotatable bonds is 6. The molecule has 1 N–H and O–H groups in total. The zero-order chi connectivity index (χ0) is 19.3. The molecule has 0 bridgehead atoms. The second kappa shape index (κ2) is 8.24. The summed E-state index contributed by atoms with van der Waals surface area (Å²) in [5, 5.41) is 13.9. The van der Waals surface area contributed by atoms with E-state index >= 15 is 0 Å². The Hall–Kier alpha value is -3.22. The number of carbonyl (C=O) groups excluding carboxylic acids is 2. The number of nitro benzene ring substituents is 1. The van der Waals surface area contributed by atoms with Gasteiger partial charge in [-0.1, -0.05) is 24.3 Å². The van der Waals surface area contributed by atoms with Crippen molar-refractivity contribution in [3.05, 3.63) is 74.8 Å². The summed E-state index contributed by atoms with van der Waals surface area (Å²) in [6.45, 7) is 5.52. The van der Waals surface area contributed by atoms with Crippen molar-refractivity contribution in [3.8, 4) is 0 Å². The monoisotopic (exact) mass is 356 g/mol. The molecule has 0 aliphatic heterocycles. The second-order valence-corrected chi connectivity index (χ2v) is 5.80. The quantitative estimate of drug-likeness (QED) is 0.485. The Morgan fingerprint density at radius 1 is 1.19 bits per heavy atom. The smallest absolute Gasteiger partial charge is 0.338 e. The summed E-state index contributed by atoms with van der Waals surface area (Å²) in [6, 6.07) is 10.8. The van der Waals surface area contributed by atoms with Crippen molar-refractivity contribution in [2.45, 2.75) is 26.8 Å². The molecule has 0 heterocycles. The number of hydrogen-bond donors (Lipinski definition) is 1. The molecule has 0 saturated carbocycles. The molecular weight excluding hydrogens is 336 g/mol. The molecule has 0 aromatic heterocycles. The zero-order valence-electron chi connectivity index (χ0n) is 14.8. The maximum absolute atomic E-state index is 12.6. The van der Waals surface area contributed by atoms with Crippen molar-refractivity contribution in [3.63, 3.8) is 0 Å². The van der Waals surface area contributed by atoms with Crippen molar-refractivity contribution in [1.29, 1.82) is 0 Å². The Labute approximate surface area is 151 Å². The Bertz CT molecular complexity index is 848. The first-order chi connectivity index (χ1) is 12.3. The van der Waals surface area contributed by atoms with Crippen LogP contribution in [0, 0.1) is 17.0 Å². The minimum absolute atomic E-state index is 0.0303. The second-order valence-electron chi connectivity index (χ2n) is 5.80. The number of nitro groups is 1. The topological polar surface area (TPSA) is 98.5 Å². The van der Waals surface area contributed by atoms with E-state index in [2.05, 4.69) is 5.32 Å². The Morgan fingerprint density at radius 3 is 2.46 bits per heavy atom. The van der Waals surface area contributed by atoms with Crippen LogP contribution in [-0.4, -0.2) is 23.4 Å². The molecule has 136 valence electrons. The summed E-state index contributed by atoms with van der Waals surface area (Å²) in [5.41, 5.74) is 1.62. The van der Waals surface area contributed by atoms with Gasteiger partial charge in [0.15, 0.2) is 0 Å². The zero-order valence-corrected chi connectivity index (χ0v) is 14.8. The molecule has 1 unspecified atom stereocenters. The number of benzene rings is 2. The number of esters is 1. The summed E-state index contributed by atoms with van der Waals surface area (Å²) in [6.07, 6.45) is 0. The first-order valence-corrected chi connectivity index (χ1v) is 8.16. The van der Waals surface area contributed by atoms with E-state index in [-0.39, 0.29) is 29.5 Å². The summed E-state index contributed by atoms with van der Waals surface area (Å²) >= 11 is 0. The van der Waals surface area contributed by atoms with Crippen LogP contribution in [0.2, 0.25) is 0 Å². The molecule has 2 rings (SSSR count). The molecule has 0 saturated heterocycles. The summed E-state index contributed by atoms with van der Waals surface area (Å²) in [5.74, 6) is -1.22.